The maximum absolute atomic E-state index is 12.4. The van der Waals surface area contributed by atoms with Gasteiger partial charge in [-0.1, -0.05) is 25.1 Å². The third-order valence-electron chi connectivity index (χ3n) is 3.90. The number of amides is 3. The number of thiazole rings is 1. The molecular formula is C17H22N4O2S. The average molecular weight is 346 g/mol. The number of carbonyl (C=O) groups is 2. The fourth-order valence-corrected chi connectivity index (χ4v) is 3.08. The van der Waals surface area contributed by atoms with Crippen LogP contribution in [0.3, 0.4) is 0 Å². The van der Waals surface area contributed by atoms with Crippen LogP contribution in [-0.2, 0) is 16.8 Å². The third-order valence-corrected chi connectivity index (χ3v) is 4.93. The minimum absolute atomic E-state index is 0.106. The number of aromatic nitrogens is 1. The van der Waals surface area contributed by atoms with Gasteiger partial charge in [-0.05, 0) is 25.0 Å². The summed E-state index contributed by atoms with van der Waals surface area (Å²) in [7, 11) is 1.59. The lowest BCUT2D eigenvalue weighted by molar-refractivity contribution is -0.119. The van der Waals surface area contributed by atoms with Crippen LogP contribution in [0.1, 0.15) is 30.8 Å². The van der Waals surface area contributed by atoms with Crippen LogP contribution in [-0.4, -0.2) is 24.0 Å². The predicted octanol–water partition coefficient (Wildman–Crippen LogP) is 2.88. The second-order valence-electron chi connectivity index (χ2n) is 5.61. The zero-order valence-corrected chi connectivity index (χ0v) is 14.9. The maximum atomic E-state index is 12.4. The Morgan fingerprint density at radius 1 is 1.29 bits per heavy atom. The van der Waals surface area contributed by atoms with Crippen molar-refractivity contribution in [2.75, 3.05) is 12.4 Å². The molecule has 1 atom stereocenters. The number of anilines is 1. The fourth-order valence-electron chi connectivity index (χ4n) is 2.25. The highest BCUT2D eigenvalue weighted by Crippen LogP contribution is 2.26. The minimum atomic E-state index is -0.534. The van der Waals surface area contributed by atoms with Crippen molar-refractivity contribution >= 4 is 29.0 Å². The molecule has 3 N–H and O–H groups in total. The summed E-state index contributed by atoms with van der Waals surface area (Å²) in [5.41, 5.74) is 0.851. The highest BCUT2D eigenvalue weighted by molar-refractivity contribution is 7.09. The Labute approximate surface area is 145 Å². The molecule has 0 saturated carbocycles. The highest BCUT2D eigenvalue weighted by Gasteiger charge is 2.29. The van der Waals surface area contributed by atoms with Crippen molar-refractivity contribution in [1.29, 1.82) is 0 Å². The van der Waals surface area contributed by atoms with Crippen LogP contribution in [0.15, 0.2) is 35.8 Å². The number of urea groups is 1. The molecule has 0 radical (unpaired) electrons. The Balaban J connectivity index is 2.11. The molecule has 7 heteroatoms. The minimum Gasteiger partial charge on any atom is -0.359 e. The Morgan fingerprint density at radius 3 is 2.67 bits per heavy atom. The lowest BCUT2D eigenvalue weighted by atomic mass is 10.0. The number of carbonyl (C=O) groups excluding carboxylic acids is 2. The summed E-state index contributed by atoms with van der Waals surface area (Å²) in [6.07, 6.45) is 2.66. The lowest BCUT2D eigenvalue weighted by Crippen LogP contribution is -2.45. The molecule has 0 fully saturated rings. The van der Waals surface area contributed by atoms with Gasteiger partial charge in [-0.3, -0.25) is 4.79 Å². The van der Waals surface area contributed by atoms with Crippen LogP contribution in [0.4, 0.5) is 10.5 Å². The van der Waals surface area contributed by atoms with Gasteiger partial charge in [-0.2, -0.15) is 0 Å². The van der Waals surface area contributed by atoms with E-state index in [0.717, 1.165) is 10.6 Å². The van der Waals surface area contributed by atoms with Crippen molar-refractivity contribution in [1.82, 2.24) is 15.6 Å². The molecule has 1 heterocycles. The monoisotopic (exact) mass is 346 g/mol. The van der Waals surface area contributed by atoms with E-state index >= 15 is 0 Å². The number of nitrogens with one attached hydrogen (secondary N) is 3. The smallest absolute Gasteiger partial charge is 0.320 e. The first-order valence-corrected chi connectivity index (χ1v) is 8.64. The highest BCUT2D eigenvalue weighted by atomic mass is 32.1. The van der Waals surface area contributed by atoms with Gasteiger partial charge in [0.15, 0.2) is 0 Å². The summed E-state index contributed by atoms with van der Waals surface area (Å²) < 4.78 is 0. The van der Waals surface area contributed by atoms with Gasteiger partial charge < -0.3 is 16.0 Å². The van der Waals surface area contributed by atoms with Crippen LogP contribution >= 0.6 is 11.3 Å². The number of likely N-dealkylation sites (N-methyl/N-ethyl adjacent to an activating group) is 1. The molecule has 2 aromatic rings. The molecule has 0 aliphatic heterocycles. The van der Waals surface area contributed by atoms with Crippen molar-refractivity contribution in [3.8, 4) is 0 Å². The van der Waals surface area contributed by atoms with Gasteiger partial charge >= 0.3 is 6.03 Å². The molecule has 2 rings (SSSR count). The van der Waals surface area contributed by atoms with Gasteiger partial charge in [0.1, 0.15) is 5.01 Å². The van der Waals surface area contributed by atoms with E-state index in [0.29, 0.717) is 12.1 Å². The largest absolute Gasteiger partial charge is 0.359 e. The van der Waals surface area contributed by atoms with Gasteiger partial charge in [0, 0.05) is 24.3 Å². The molecule has 1 aromatic heterocycles. The first kappa shape index (κ1) is 17.9. The predicted molar refractivity (Wildman–Crippen MR) is 96.1 cm³/mol. The van der Waals surface area contributed by atoms with Gasteiger partial charge in [-0.25, -0.2) is 9.78 Å². The number of para-hydroxylation sites is 1. The van der Waals surface area contributed by atoms with E-state index < -0.39 is 5.54 Å². The van der Waals surface area contributed by atoms with Gasteiger partial charge in [0.25, 0.3) is 0 Å². The summed E-state index contributed by atoms with van der Waals surface area (Å²) in [6, 6.07) is 6.95. The van der Waals surface area contributed by atoms with E-state index in [1.807, 2.05) is 37.4 Å². The Morgan fingerprint density at radius 2 is 2.04 bits per heavy atom. The summed E-state index contributed by atoms with van der Waals surface area (Å²) in [5, 5.41) is 11.2. The Hall–Kier alpha value is -2.41. The van der Waals surface area contributed by atoms with Crippen LogP contribution in [0, 0.1) is 0 Å². The molecule has 24 heavy (non-hydrogen) atoms. The maximum Gasteiger partial charge on any atom is 0.320 e. The molecule has 0 bridgehead atoms. The van der Waals surface area contributed by atoms with Crippen LogP contribution in [0.5, 0.6) is 0 Å². The first-order valence-electron chi connectivity index (χ1n) is 7.76. The molecule has 0 aliphatic rings. The van der Waals surface area contributed by atoms with Crippen molar-refractivity contribution in [3.63, 3.8) is 0 Å². The van der Waals surface area contributed by atoms with Crippen molar-refractivity contribution in [2.24, 2.45) is 0 Å². The molecule has 128 valence electrons. The summed E-state index contributed by atoms with van der Waals surface area (Å²) in [4.78, 5) is 28.4. The van der Waals surface area contributed by atoms with Crippen LogP contribution < -0.4 is 16.0 Å². The molecule has 0 saturated heterocycles. The van der Waals surface area contributed by atoms with E-state index in [1.54, 1.807) is 19.3 Å². The summed E-state index contributed by atoms with van der Waals surface area (Å²) in [5.74, 6) is -0.106. The van der Waals surface area contributed by atoms with Gasteiger partial charge in [0.2, 0.25) is 5.91 Å². The lowest BCUT2D eigenvalue weighted by Gasteiger charge is -2.27. The number of nitrogens with zero attached hydrogens (tertiary/aromatic N) is 1. The normalized spacial score (nSPS) is 13.0. The van der Waals surface area contributed by atoms with Gasteiger partial charge in [0.05, 0.1) is 12.0 Å². The van der Waals surface area contributed by atoms with Crippen molar-refractivity contribution in [3.05, 3.63) is 46.4 Å². The van der Waals surface area contributed by atoms with Crippen LogP contribution in [0.25, 0.3) is 0 Å². The quantitative estimate of drug-likeness (QED) is 0.752. The van der Waals surface area contributed by atoms with E-state index in [-0.39, 0.29) is 18.4 Å². The zero-order chi connectivity index (χ0) is 17.6. The Kier molecular flexibility index (Phi) is 5.92. The first-order chi connectivity index (χ1) is 11.5. The van der Waals surface area contributed by atoms with Gasteiger partial charge in [-0.15, -0.1) is 11.3 Å². The fraction of sp³-hybridized carbons (Fsp3) is 0.353. The molecule has 1 aromatic carbocycles. The van der Waals surface area contributed by atoms with E-state index in [9.17, 15) is 9.59 Å². The Bertz CT molecular complexity index is 702. The number of rotatable bonds is 6. The third kappa shape index (κ3) is 4.32. The van der Waals surface area contributed by atoms with Crippen molar-refractivity contribution in [2.45, 2.75) is 32.2 Å². The average Bonchev–Trinajstić information content (AvgIpc) is 3.11. The van der Waals surface area contributed by atoms with E-state index in [1.165, 1.54) is 11.3 Å². The van der Waals surface area contributed by atoms with Crippen molar-refractivity contribution < 1.29 is 9.59 Å². The number of benzene rings is 1. The molecule has 3 amide bonds. The second-order valence-corrected chi connectivity index (χ2v) is 6.50. The van der Waals surface area contributed by atoms with E-state index in [2.05, 4.69) is 20.9 Å². The summed E-state index contributed by atoms with van der Waals surface area (Å²) in [6.45, 7) is 3.95. The standard InChI is InChI=1S/C17H22N4O2S/c1-4-17(2,15-19-9-10-24-15)21-16(23)20-13-8-6-5-7-12(13)11-14(22)18-3/h5-10H,4,11H2,1-3H3,(H,18,22)(H2,20,21,23). The number of hydrogen-bond acceptors (Lipinski definition) is 4. The van der Waals surface area contributed by atoms with Crippen LogP contribution in [0.2, 0.25) is 0 Å². The SMILES string of the molecule is CCC(C)(NC(=O)Nc1ccccc1CC(=O)NC)c1nccs1. The number of hydrogen-bond donors (Lipinski definition) is 3. The molecular weight excluding hydrogens is 324 g/mol. The zero-order valence-electron chi connectivity index (χ0n) is 14.1. The molecule has 0 spiro atoms. The van der Waals surface area contributed by atoms with E-state index in [4.69, 9.17) is 0 Å². The molecule has 6 nitrogen and oxygen atoms in total. The summed E-state index contributed by atoms with van der Waals surface area (Å²) >= 11 is 1.51. The molecule has 0 aliphatic carbocycles. The molecule has 1 unspecified atom stereocenters. The topological polar surface area (TPSA) is 83.1 Å². The second kappa shape index (κ2) is 7.92.